The van der Waals surface area contributed by atoms with E-state index in [1.807, 2.05) is 53.2 Å². The van der Waals surface area contributed by atoms with Gasteiger partial charge in [0, 0.05) is 18.5 Å². The van der Waals surface area contributed by atoms with Crippen molar-refractivity contribution in [2.45, 2.75) is 24.4 Å². The molecule has 0 fully saturated rings. The highest BCUT2D eigenvalue weighted by atomic mass is 32.2. The Morgan fingerprint density at radius 3 is 2.53 bits per heavy atom. The third-order valence-electron chi connectivity index (χ3n) is 5.11. The van der Waals surface area contributed by atoms with Crippen LogP contribution in [0.5, 0.6) is 11.5 Å². The van der Waals surface area contributed by atoms with Crippen LogP contribution in [0.25, 0.3) is 5.52 Å². The number of fused-ring (bicyclic) bond motifs is 1. The molecule has 0 amide bonds. The molecule has 0 saturated heterocycles. The second-order valence-corrected chi connectivity index (χ2v) is 8.27. The van der Waals surface area contributed by atoms with Crippen LogP contribution in [-0.2, 0) is 17.0 Å². The van der Waals surface area contributed by atoms with E-state index in [0.717, 1.165) is 22.5 Å². The average molecular weight is 479 g/mol. The number of benzene rings is 2. The summed E-state index contributed by atoms with van der Waals surface area (Å²) in [5.74, 6) is 2.48. The van der Waals surface area contributed by atoms with Crippen LogP contribution in [0.3, 0.4) is 0 Å². The zero-order valence-corrected chi connectivity index (χ0v) is 20.1. The summed E-state index contributed by atoms with van der Waals surface area (Å²) in [6.45, 7) is 2.72. The molecule has 2 aromatic heterocycles. The monoisotopic (exact) mass is 478 g/mol. The Morgan fingerprint density at radius 2 is 1.79 bits per heavy atom. The standard InChI is InChI=1S/C25H26N4O4S/c1-4-33-24(30)19-10-7-17(8-11-19)16-34-25-27-23(20-6-5-13-29(20)28-25)26-15-18-9-12-21(31-2)22(14-18)32-3/h5-14H,4,15-16H2,1-3H3,(H,26,27,28). The van der Waals surface area contributed by atoms with E-state index in [0.29, 0.717) is 41.1 Å². The molecule has 0 aliphatic rings. The zero-order chi connectivity index (χ0) is 23.9. The van der Waals surface area contributed by atoms with Crippen molar-refractivity contribution in [3.8, 4) is 11.5 Å². The van der Waals surface area contributed by atoms with E-state index >= 15 is 0 Å². The van der Waals surface area contributed by atoms with Crippen molar-refractivity contribution in [1.29, 1.82) is 0 Å². The summed E-state index contributed by atoms with van der Waals surface area (Å²) < 4.78 is 17.6. The molecule has 2 heterocycles. The molecule has 0 aliphatic carbocycles. The van der Waals surface area contributed by atoms with Crippen molar-refractivity contribution in [2.75, 3.05) is 26.1 Å². The highest BCUT2D eigenvalue weighted by Crippen LogP contribution is 2.28. The van der Waals surface area contributed by atoms with E-state index in [1.165, 1.54) is 11.8 Å². The number of thioether (sulfide) groups is 1. The van der Waals surface area contributed by atoms with Crippen molar-refractivity contribution in [1.82, 2.24) is 14.6 Å². The van der Waals surface area contributed by atoms with Crippen molar-refractivity contribution in [3.63, 3.8) is 0 Å². The van der Waals surface area contributed by atoms with E-state index < -0.39 is 0 Å². The minimum atomic E-state index is -0.312. The first-order valence-electron chi connectivity index (χ1n) is 10.8. The fourth-order valence-corrected chi connectivity index (χ4v) is 4.17. The number of rotatable bonds is 10. The number of anilines is 1. The molecule has 0 atom stereocenters. The van der Waals surface area contributed by atoms with Crippen LogP contribution in [0.1, 0.15) is 28.4 Å². The van der Waals surface area contributed by atoms with E-state index in [9.17, 15) is 4.79 Å². The van der Waals surface area contributed by atoms with E-state index in [1.54, 1.807) is 33.3 Å². The van der Waals surface area contributed by atoms with Crippen LogP contribution in [0.2, 0.25) is 0 Å². The fourth-order valence-electron chi connectivity index (χ4n) is 3.38. The van der Waals surface area contributed by atoms with Crippen LogP contribution in [0.4, 0.5) is 5.82 Å². The van der Waals surface area contributed by atoms with Crippen LogP contribution < -0.4 is 14.8 Å². The molecule has 34 heavy (non-hydrogen) atoms. The lowest BCUT2D eigenvalue weighted by Crippen LogP contribution is -2.07. The summed E-state index contributed by atoms with van der Waals surface area (Å²) in [5, 5.41) is 8.67. The maximum absolute atomic E-state index is 11.8. The molecule has 0 radical (unpaired) electrons. The molecule has 1 N–H and O–H groups in total. The summed E-state index contributed by atoms with van der Waals surface area (Å²) in [6.07, 6.45) is 1.90. The Morgan fingerprint density at radius 1 is 1.03 bits per heavy atom. The van der Waals surface area contributed by atoms with Gasteiger partial charge in [-0.2, -0.15) is 0 Å². The third kappa shape index (κ3) is 5.43. The lowest BCUT2D eigenvalue weighted by Gasteiger charge is -2.12. The smallest absolute Gasteiger partial charge is 0.338 e. The van der Waals surface area contributed by atoms with E-state index in [4.69, 9.17) is 19.2 Å². The van der Waals surface area contributed by atoms with Crippen molar-refractivity contribution in [2.24, 2.45) is 0 Å². The predicted octanol–water partition coefficient (Wildman–Crippen LogP) is 4.83. The molecule has 8 nitrogen and oxygen atoms in total. The molecule has 0 spiro atoms. The Bertz CT molecular complexity index is 1270. The molecule has 176 valence electrons. The van der Waals surface area contributed by atoms with E-state index in [2.05, 4.69) is 10.4 Å². The SMILES string of the molecule is CCOC(=O)c1ccc(CSc2nc(NCc3ccc(OC)c(OC)c3)c3cccn3n2)cc1. The summed E-state index contributed by atoms with van der Waals surface area (Å²) in [4.78, 5) is 16.6. The third-order valence-corrected chi connectivity index (χ3v) is 6.02. The highest BCUT2D eigenvalue weighted by Gasteiger charge is 2.11. The molecular weight excluding hydrogens is 452 g/mol. The Labute approximate surface area is 202 Å². The topological polar surface area (TPSA) is 87.0 Å². The predicted molar refractivity (Wildman–Crippen MR) is 132 cm³/mol. The Kier molecular flexibility index (Phi) is 7.54. The van der Waals surface area contributed by atoms with Gasteiger partial charge in [-0.3, -0.25) is 0 Å². The quantitative estimate of drug-likeness (QED) is 0.256. The molecule has 4 rings (SSSR count). The van der Waals surface area contributed by atoms with Crippen LogP contribution >= 0.6 is 11.8 Å². The molecule has 0 aliphatic heterocycles. The fraction of sp³-hybridized carbons (Fsp3) is 0.240. The number of carbonyl (C=O) groups excluding carboxylic acids is 1. The minimum Gasteiger partial charge on any atom is -0.493 e. The lowest BCUT2D eigenvalue weighted by molar-refractivity contribution is 0.0526. The van der Waals surface area contributed by atoms with Gasteiger partial charge in [0.15, 0.2) is 17.3 Å². The number of carbonyl (C=O) groups is 1. The molecule has 4 aromatic rings. The minimum absolute atomic E-state index is 0.312. The summed E-state index contributed by atoms with van der Waals surface area (Å²) in [6, 6.07) is 17.1. The number of nitrogens with one attached hydrogen (secondary N) is 1. The number of hydrogen-bond acceptors (Lipinski definition) is 8. The van der Waals surface area contributed by atoms with Gasteiger partial charge in [-0.25, -0.2) is 14.3 Å². The maximum atomic E-state index is 11.8. The first kappa shape index (κ1) is 23.4. The highest BCUT2D eigenvalue weighted by molar-refractivity contribution is 7.98. The van der Waals surface area contributed by atoms with Gasteiger partial charge in [-0.05, 0) is 54.4 Å². The number of nitrogens with zero attached hydrogens (tertiary/aromatic N) is 3. The van der Waals surface area contributed by atoms with Crippen LogP contribution in [0.15, 0.2) is 66.0 Å². The molecule has 0 bridgehead atoms. The number of ether oxygens (including phenoxy) is 3. The second-order valence-electron chi connectivity index (χ2n) is 7.33. The molecular formula is C25H26N4O4S. The number of aromatic nitrogens is 3. The van der Waals surface area contributed by atoms with E-state index in [-0.39, 0.29) is 5.97 Å². The first-order valence-corrected chi connectivity index (χ1v) is 11.8. The number of methoxy groups -OCH3 is 2. The van der Waals surface area contributed by atoms with Gasteiger partial charge in [0.25, 0.3) is 0 Å². The summed E-state index contributed by atoms with van der Waals surface area (Å²) >= 11 is 1.53. The zero-order valence-electron chi connectivity index (χ0n) is 19.3. The summed E-state index contributed by atoms with van der Waals surface area (Å²) in [5.41, 5.74) is 3.54. The second kappa shape index (κ2) is 10.9. The van der Waals surface area contributed by atoms with Crippen molar-refractivity contribution >= 4 is 29.1 Å². The van der Waals surface area contributed by atoms with Gasteiger partial charge in [-0.15, -0.1) is 5.10 Å². The molecule has 0 saturated carbocycles. The van der Waals surface area contributed by atoms with Crippen molar-refractivity contribution < 1.29 is 19.0 Å². The number of esters is 1. The first-order chi connectivity index (χ1) is 16.6. The van der Waals surface area contributed by atoms with Gasteiger partial charge in [0.05, 0.1) is 26.4 Å². The Hall–Kier alpha value is -3.72. The van der Waals surface area contributed by atoms with Gasteiger partial charge in [0.2, 0.25) is 5.16 Å². The molecule has 9 heteroatoms. The van der Waals surface area contributed by atoms with Crippen LogP contribution in [-0.4, -0.2) is 41.4 Å². The van der Waals surface area contributed by atoms with Gasteiger partial charge < -0.3 is 19.5 Å². The largest absolute Gasteiger partial charge is 0.493 e. The van der Waals surface area contributed by atoms with Gasteiger partial charge in [-0.1, -0.05) is 30.0 Å². The van der Waals surface area contributed by atoms with Crippen molar-refractivity contribution in [3.05, 3.63) is 77.5 Å². The van der Waals surface area contributed by atoms with Gasteiger partial charge >= 0.3 is 5.97 Å². The Balaban J connectivity index is 1.46. The van der Waals surface area contributed by atoms with Gasteiger partial charge in [0.1, 0.15) is 5.52 Å². The normalized spacial score (nSPS) is 10.8. The lowest BCUT2D eigenvalue weighted by atomic mass is 10.1. The van der Waals surface area contributed by atoms with Crippen LogP contribution in [0, 0.1) is 0 Å². The maximum Gasteiger partial charge on any atom is 0.338 e. The summed E-state index contributed by atoms with van der Waals surface area (Å²) in [7, 11) is 3.24. The molecule has 0 unspecified atom stereocenters. The average Bonchev–Trinajstić information content (AvgIpc) is 3.35. The number of hydrogen-bond donors (Lipinski definition) is 1. The molecule has 2 aromatic carbocycles.